The number of nitrogens with one attached hydrogen (secondary N) is 1. The van der Waals surface area contributed by atoms with Crippen LogP contribution in [0.5, 0.6) is 0 Å². The van der Waals surface area contributed by atoms with Crippen molar-refractivity contribution in [3.8, 4) is 11.5 Å². The molecule has 0 aliphatic carbocycles. The Kier molecular flexibility index (Phi) is 5.23. The maximum atomic E-state index is 12.8. The number of carbonyl (C=O) groups excluding carboxylic acids is 2. The van der Waals surface area contributed by atoms with E-state index >= 15 is 0 Å². The molecule has 3 aromatic rings. The Labute approximate surface area is 163 Å². The van der Waals surface area contributed by atoms with Crippen molar-refractivity contribution in [3.63, 3.8) is 0 Å². The van der Waals surface area contributed by atoms with E-state index in [9.17, 15) is 9.59 Å². The summed E-state index contributed by atoms with van der Waals surface area (Å²) in [5.41, 5.74) is 1.55. The van der Waals surface area contributed by atoms with Crippen LogP contribution in [0, 0.1) is 0 Å². The number of aromatic nitrogens is 3. The van der Waals surface area contributed by atoms with Crippen LogP contribution in [0.15, 0.2) is 61.3 Å². The number of benzene rings is 1. The van der Waals surface area contributed by atoms with E-state index in [1.165, 1.54) is 0 Å². The lowest BCUT2D eigenvalue weighted by atomic mass is 10.2. The summed E-state index contributed by atoms with van der Waals surface area (Å²) in [7, 11) is 0. The number of hydrogen-bond donors (Lipinski definition) is 1. The fraction of sp³-hybridized carbons (Fsp3) is 0.286. The largest absolute Gasteiger partial charge is 0.352 e. The topological polar surface area (TPSA) is 72.2 Å². The molecule has 7 nitrogen and oxygen atoms in total. The third-order valence-corrected chi connectivity index (χ3v) is 4.95. The summed E-state index contributed by atoms with van der Waals surface area (Å²) in [6.45, 7) is 2.05. The quantitative estimate of drug-likeness (QED) is 0.643. The zero-order valence-corrected chi connectivity index (χ0v) is 15.6. The lowest BCUT2D eigenvalue weighted by Gasteiger charge is -2.15. The lowest BCUT2D eigenvalue weighted by Crippen LogP contribution is -2.31. The van der Waals surface area contributed by atoms with E-state index in [-0.39, 0.29) is 11.8 Å². The van der Waals surface area contributed by atoms with Crippen molar-refractivity contribution < 1.29 is 9.59 Å². The fourth-order valence-electron chi connectivity index (χ4n) is 3.55. The van der Waals surface area contributed by atoms with Gasteiger partial charge >= 0.3 is 0 Å². The van der Waals surface area contributed by atoms with Gasteiger partial charge in [-0.3, -0.25) is 14.2 Å². The predicted octanol–water partition coefficient (Wildman–Crippen LogP) is 2.41. The molecular formula is C21H23N5O2. The molecular weight excluding hydrogens is 354 g/mol. The van der Waals surface area contributed by atoms with Gasteiger partial charge in [-0.05, 0) is 31.0 Å². The molecule has 144 valence electrons. The average molecular weight is 377 g/mol. The molecule has 0 atom stereocenters. The highest BCUT2D eigenvalue weighted by atomic mass is 16.2. The van der Waals surface area contributed by atoms with Crippen LogP contribution in [0.2, 0.25) is 0 Å². The van der Waals surface area contributed by atoms with Crippen LogP contribution < -0.4 is 5.32 Å². The van der Waals surface area contributed by atoms with Crippen LogP contribution in [-0.4, -0.2) is 50.5 Å². The van der Waals surface area contributed by atoms with Crippen molar-refractivity contribution >= 4 is 11.8 Å². The first-order chi connectivity index (χ1) is 13.7. The van der Waals surface area contributed by atoms with Crippen LogP contribution in [0.1, 0.15) is 29.6 Å². The molecule has 0 saturated carbocycles. The molecule has 3 heterocycles. The van der Waals surface area contributed by atoms with Gasteiger partial charge in [0.2, 0.25) is 5.91 Å². The van der Waals surface area contributed by atoms with Gasteiger partial charge in [0, 0.05) is 50.3 Å². The van der Waals surface area contributed by atoms with E-state index in [2.05, 4.69) is 10.3 Å². The lowest BCUT2D eigenvalue weighted by molar-refractivity contribution is -0.127. The van der Waals surface area contributed by atoms with Crippen molar-refractivity contribution in [2.75, 3.05) is 19.6 Å². The fourth-order valence-corrected chi connectivity index (χ4v) is 3.55. The van der Waals surface area contributed by atoms with Gasteiger partial charge in [0.25, 0.3) is 5.91 Å². The third kappa shape index (κ3) is 3.69. The molecule has 0 bridgehead atoms. The summed E-state index contributed by atoms with van der Waals surface area (Å²) >= 11 is 0. The molecule has 0 unspecified atom stereocenters. The molecule has 1 aliphatic heterocycles. The van der Waals surface area contributed by atoms with E-state index in [0.717, 1.165) is 30.9 Å². The Bertz CT molecular complexity index is 947. The first-order valence-electron chi connectivity index (χ1n) is 9.55. The molecule has 1 aromatic carbocycles. The molecule has 0 radical (unpaired) electrons. The minimum absolute atomic E-state index is 0.133. The molecule has 2 amide bonds. The summed E-state index contributed by atoms with van der Waals surface area (Å²) in [4.78, 5) is 30.5. The highest BCUT2D eigenvalue weighted by Crippen LogP contribution is 2.21. The Hall–Kier alpha value is -3.35. The maximum absolute atomic E-state index is 12.8. The average Bonchev–Trinajstić information content (AvgIpc) is 3.46. The zero-order chi connectivity index (χ0) is 19.3. The number of rotatable bonds is 7. The van der Waals surface area contributed by atoms with Gasteiger partial charge in [0.05, 0.1) is 5.56 Å². The summed E-state index contributed by atoms with van der Waals surface area (Å²) in [5, 5.41) is 2.98. The second-order valence-corrected chi connectivity index (χ2v) is 6.82. The van der Waals surface area contributed by atoms with Crippen LogP contribution in [0.25, 0.3) is 11.5 Å². The molecule has 7 heteroatoms. The van der Waals surface area contributed by atoms with Gasteiger partial charge < -0.3 is 14.8 Å². The summed E-state index contributed by atoms with van der Waals surface area (Å²) < 4.78 is 3.81. The van der Waals surface area contributed by atoms with Gasteiger partial charge in [-0.15, -0.1) is 0 Å². The van der Waals surface area contributed by atoms with Gasteiger partial charge in [-0.25, -0.2) is 4.98 Å². The number of imidazole rings is 1. The van der Waals surface area contributed by atoms with Crippen molar-refractivity contribution in [1.82, 2.24) is 24.3 Å². The minimum atomic E-state index is -0.133. The number of carbonyl (C=O) groups is 2. The second-order valence-electron chi connectivity index (χ2n) is 6.82. The van der Waals surface area contributed by atoms with Crippen molar-refractivity contribution in [2.45, 2.75) is 19.3 Å². The number of hydrogen-bond acceptors (Lipinski definition) is 3. The molecule has 1 aliphatic rings. The monoisotopic (exact) mass is 377 g/mol. The van der Waals surface area contributed by atoms with Crippen LogP contribution in [0.4, 0.5) is 0 Å². The standard InChI is InChI=1S/C21H23N5O2/c27-19-8-4-12-24(19)13-5-10-23-20(28)18-9-14-26(17-6-2-1-3-7-17)21(18)25-15-11-22-16-25/h1-3,6-7,9,11,14-16H,4-5,8,10,12-13H2,(H,23,28). The van der Waals surface area contributed by atoms with Gasteiger partial charge in [-0.1, -0.05) is 18.2 Å². The molecule has 1 saturated heterocycles. The van der Waals surface area contributed by atoms with Crippen LogP contribution in [0.3, 0.4) is 0 Å². The third-order valence-electron chi connectivity index (χ3n) is 4.95. The Morgan fingerprint density at radius 1 is 1.14 bits per heavy atom. The second kappa shape index (κ2) is 8.12. The number of amides is 2. The van der Waals surface area contributed by atoms with Crippen LogP contribution >= 0.6 is 0 Å². The molecule has 28 heavy (non-hydrogen) atoms. The molecule has 4 rings (SSSR count). The predicted molar refractivity (Wildman–Crippen MR) is 106 cm³/mol. The Morgan fingerprint density at radius 2 is 2.00 bits per heavy atom. The van der Waals surface area contributed by atoms with Gasteiger partial charge in [-0.2, -0.15) is 0 Å². The van der Waals surface area contributed by atoms with E-state index in [0.29, 0.717) is 25.1 Å². The minimum Gasteiger partial charge on any atom is -0.352 e. The number of likely N-dealkylation sites (tertiary alicyclic amines) is 1. The highest BCUT2D eigenvalue weighted by molar-refractivity contribution is 5.97. The SMILES string of the molecule is O=C(NCCCN1CCCC1=O)c1ccn(-c2ccccc2)c1-n1ccnc1. The maximum Gasteiger partial charge on any atom is 0.255 e. The van der Waals surface area contributed by atoms with Crippen molar-refractivity contribution in [1.29, 1.82) is 0 Å². The zero-order valence-electron chi connectivity index (χ0n) is 15.6. The Morgan fingerprint density at radius 3 is 2.71 bits per heavy atom. The summed E-state index contributed by atoms with van der Waals surface area (Å²) in [6, 6.07) is 11.7. The summed E-state index contributed by atoms with van der Waals surface area (Å²) in [5.74, 6) is 0.829. The first-order valence-corrected chi connectivity index (χ1v) is 9.55. The Balaban J connectivity index is 1.48. The smallest absolute Gasteiger partial charge is 0.255 e. The first kappa shape index (κ1) is 18.0. The van der Waals surface area contributed by atoms with Gasteiger partial charge in [0.15, 0.2) is 0 Å². The molecule has 1 N–H and O–H groups in total. The highest BCUT2D eigenvalue weighted by Gasteiger charge is 2.20. The van der Waals surface area contributed by atoms with E-state index in [1.807, 2.05) is 62.8 Å². The van der Waals surface area contributed by atoms with Crippen molar-refractivity contribution in [3.05, 3.63) is 66.9 Å². The molecule has 1 fully saturated rings. The van der Waals surface area contributed by atoms with E-state index in [1.54, 1.807) is 12.5 Å². The molecule has 0 spiro atoms. The number of para-hydroxylation sites is 1. The summed E-state index contributed by atoms with van der Waals surface area (Å²) in [6.07, 6.45) is 9.42. The van der Waals surface area contributed by atoms with Gasteiger partial charge in [0.1, 0.15) is 12.1 Å². The number of nitrogens with zero attached hydrogens (tertiary/aromatic N) is 4. The van der Waals surface area contributed by atoms with Crippen LogP contribution in [-0.2, 0) is 4.79 Å². The normalized spacial score (nSPS) is 13.9. The van der Waals surface area contributed by atoms with E-state index < -0.39 is 0 Å². The van der Waals surface area contributed by atoms with E-state index in [4.69, 9.17) is 0 Å². The molecule has 2 aromatic heterocycles. The van der Waals surface area contributed by atoms with Crippen molar-refractivity contribution in [2.24, 2.45) is 0 Å².